The van der Waals surface area contributed by atoms with E-state index < -0.39 is 5.97 Å². The molecule has 1 aromatic carbocycles. The van der Waals surface area contributed by atoms with Crippen molar-refractivity contribution in [1.29, 1.82) is 0 Å². The summed E-state index contributed by atoms with van der Waals surface area (Å²) in [5.74, 6) is 0.392. The van der Waals surface area contributed by atoms with Crippen LogP contribution in [0.3, 0.4) is 0 Å². The quantitative estimate of drug-likeness (QED) is 0.375. The van der Waals surface area contributed by atoms with Crippen molar-refractivity contribution in [3.8, 4) is 0 Å². The Balaban J connectivity index is 0.952. The van der Waals surface area contributed by atoms with Crippen molar-refractivity contribution in [2.24, 2.45) is 10.8 Å². The molecule has 1 saturated carbocycles. The molecule has 0 bridgehead atoms. The zero-order chi connectivity index (χ0) is 29.3. The summed E-state index contributed by atoms with van der Waals surface area (Å²) in [5, 5.41) is 14.0. The van der Waals surface area contributed by atoms with Crippen LogP contribution in [0.15, 0.2) is 60.8 Å². The van der Waals surface area contributed by atoms with Crippen LogP contribution in [0.2, 0.25) is 0 Å². The summed E-state index contributed by atoms with van der Waals surface area (Å²) in [6.07, 6.45) is 6.37. The summed E-state index contributed by atoms with van der Waals surface area (Å²) < 4.78 is 1.78. The molecule has 1 aliphatic carbocycles. The second kappa shape index (κ2) is 9.52. The minimum Gasteiger partial charge on any atom is -0.477 e. The van der Waals surface area contributed by atoms with Gasteiger partial charge in [-0.3, -0.25) is 4.79 Å². The smallest absolute Gasteiger partial charge is 0.354 e. The summed E-state index contributed by atoms with van der Waals surface area (Å²) in [6, 6.07) is 18.2. The van der Waals surface area contributed by atoms with Gasteiger partial charge in [-0.25, -0.2) is 19.3 Å². The fraction of sp³-hybridized carbons (Fsp3) is 0.424. The van der Waals surface area contributed by atoms with Crippen LogP contribution in [0.1, 0.15) is 63.8 Å². The number of carbonyl (C=O) groups excluding carboxylic acids is 1. The standard InChI is InChI=1S/C33H35N7O3/c1-22-16-24(39-20-33(21-39)11-10-25(33)23-6-3-2-4-7-23)17-40-29(22)35-28(36-40)30(41)38-15-13-32(19-38)12-14-37(18-32)27-9-5-8-26(34-27)31(42)43/h2-9,16-17,25H,10-15,18-21H2,1H3,(H,42,43)/t25-,32-/m1/s1. The number of benzene rings is 1. The molecule has 4 aliphatic rings. The molecule has 1 amide bonds. The maximum atomic E-state index is 13.6. The number of anilines is 2. The Morgan fingerprint density at radius 3 is 2.49 bits per heavy atom. The highest BCUT2D eigenvalue weighted by Gasteiger charge is 2.55. The van der Waals surface area contributed by atoms with Crippen molar-refractivity contribution in [3.05, 3.63) is 83.4 Å². The molecule has 10 heteroatoms. The minimum absolute atomic E-state index is 0.0363. The third-order valence-electron chi connectivity index (χ3n) is 10.5. The molecule has 4 fully saturated rings. The minimum atomic E-state index is -1.03. The lowest BCUT2D eigenvalue weighted by atomic mass is 9.53. The number of amides is 1. The van der Waals surface area contributed by atoms with E-state index in [0.717, 1.165) is 55.9 Å². The largest absolute Gasteiger partial charge is 0.477 e. The molecule has 1 N–H and O–H groups in total. The lowest BCUT2D eigenvalue weighted by Gasteiger charge is -2.61. The lowest BCUT2D eigenvalue weighted by molar-refractivity contribution is 0.0520. The van der Waals surface area contributed by atoms with Crippen molar-refractivity contribution in [2.75, 3.05) is 49.1 Å². The predicted molar refractivity (Wildman–Crippen MR) is 162 cm³/mol. The molecule has 4 aromatic rings. The number of nitrogens with zero attached hydrogens (tertiary/aromatic N) is 7. The lowest BCUT2D eigenvalue weighted by Crippen LogP contribution is -2.63. The van der Waals surface area contributed by atoms with Gasteiger partial charge in [0, 0.05) is 50.1 Å². The van der Waals surface area contributed by atoms with Crippen molar-refractivity contribution < 1.29 is 14.7 Å². The molecule has 6 heterocycles. The monoisotopic (exact) mass is 577 g/mol. The third kappa shape index (κ3) is 4.25. The molecule has 3 aliphatic heterocycles. The maximum absolute atomic E-state index is 13.6. The number of carbonyl (C=O) groups is 2. The SMILES string of the molecule is Cc1cc(N2CC3(CC[C@@H]3c3ccccc3)C2)cn2nc(C(=O)N3CC[C@@]4(CCN(c5cccc(C(=O)O)n5)C4)C3)nc12. The Bertz CT molecular complexity index is 1750. The molecule has 2 spiro atoms. The van der Waals surface area contributed by atoms with Gasteiger partial charge in [0.15, 0.2) is 11.3 Å². The number of fused-ring (bicyclic) bond motifs is 1. The van der Waals surface area contributed by atoms with Crippen molar-refractivity contribution in [3.63, 3.8) is 0 Å². The average Bonchev–Trinajstić information content (AvgIpc) is 3.71. The van der Waals surface area contributed by atoms with Crippen LogP contribution in [0.25, 0.3) is 5.65 Å². The topological polar surface area (TPSA) is 107 Å². The van der Waals surface area contributed by atoms with Gasteiger partial charge in [0.2, 0.25) is 5.82 Å². The summed E-state index contributed by atoms with van der Waals surface area (Å²) in [6.45, 7) is 6.96. The van der Waals surface area contributed by atoms with E-state index in [1.807, 2.05) is 24.1 Å². The molecular formula is C33H35N7O3. The first kappa shape index (κ1) is 26.2. The van der Waals surface area contributed by atoms with Gasteiger partial charge in [0.25, 0.3) is 5.91 Å². The number of aryl methyl sites for hydroxylation is 1. The van der Waals surface area contributed by atoms with Gasteiger partial charge in [-0.1, -0.05) is 36.4 Å². The second-order valence-corrected chi connectivity index (χ2v) is 13.1. The number of rotatable bonds is 5. The highest BCUT2D eigenvalue weighted by molar-refractivity contribution is 5.91. The number of hydrogen-bond donors (Lipinski definition) is 1. The molecule has 2 atom stereocenters. The maximum Gasteiger partial charge on any atom is 0.354 e. The molecule has 220 valence electrons. The van der Waals surface area contributed by atoms with Crippen LogP contribution in [-0.2, 0) is 0 Å². The number of likely N-dealkylation sites (tertiary alicyclic amines) is 1. The highest BCUT2D eigenvalue weighted by atomic mass is 16.4. The number of carboxylic acid groups (broad SMARTS) is 1. The zero-order valence-corrected chi connectivity index (χ0v) is 24.3. The molecule has 0 unspecified atom stereocenters. The van der Waals surface area contributed by atoms with Crippen molar-refractivity contribution in [2.45, 2.75) is 38.5 Å². The van der Waals surface area contributed by atoms with E-state index in [0.29, 0.717) is 30.2 Å². The van der Waals surface area contributed by atoms with Gasteiger partial charge in [0.1, 0.15) is 5.82 Å². The number of aromatic nitrogens is 4. The number of carboxylic acids is 1. The van der Waals surface area contributed by atoms with Gasteiger partial charge in [-0.05, 0) is 67.9 Å². The second-order valence-electron chi connectivity index (χ2n) is 13.1. The molecule has 8 rings (SSSR count). The highest BCUT2D eigenvalue weighted by Crippen LogP contribution is 2.58. The Labute approximate surface area is 250 Å². The molecule has 10 nitrogen and oxygen atoms in total. The average molecular weight is 578 g/mol. The number of hydrogen-bond acceptors (Lipinski definition) is 7. The fourth-order valence-corrected chi connectivity index (χ4v) is 8.00. The summed E-state index contributed by atoms with van der Waals surface area (Å²) in [7, 11) is 0. The predicted octanol–water partition coefficient (Wildman–Crippen LogP) is 4.26. The first-order valence-electron chi connectivity index (χ1n) is 15.2. The van der Waals surface area contributed by atoms with E-state index in [4.69, 9.17) is 0 Å². The number of pyridine rings is 2. The van der Waals surface area contributed by atoms with Gasteiger partial charge in [-0.2, -0.15) is 0 Å². The van der Waals surface area contributed by atoms with E-state index in [9.17, 15) is 14.7 Å². The van der Waals surface area contributed by atoms with Crippen molar-refractivity contribution in [1.82, 2.24) is 24.5 Å². The van der Waals surface area contributed by atoms with Crippen LogP contribution >= 0.6 is 0 Å². The normalized spacial score (nSPS) is 24.1. The third-order valence-corrected chi connectivity index (χ3v) is 10.5. The van der Waals surface area contributed by atoms with E-state index in [-0.39, 0.29) is 22.8 Å². The van der Waals surface area contributed by atoms with E-state index in [1.165, 1.54) is 24.5 Å². The van der Waals surface area contributed by atoms with Crippen LogP contribution in [-0.4, -0.2) is 80.7 Å². The molecule has 3 aromatic heterocycles. The van der Waals surface area contributed by atoms with Crippen LogP contribution in [0.4, 0.5) is 11.5 Å². The van der Waals surface area contributed by atoms with E-state index >= 15 is 0 Å². The molecule has 3 saturated heterocycles. The zero-order valence-electron chi connectivity index (χ0n) is 24.3. The molecule has 0 radical (unpaired) electrons. The van der Waals surface area contributed by atoms with Crippen LogP contribution in [0, 0.1) is 17.8 Å². The Hall–Kier alpha value is -4.47. The van der Waals surface area contributed by atoms with Crippen LogP contribution < -0.4 is 9.80 Å². The summed E-state index contributed by atoms with van der Waals surface area (Å²) >= 11 is 0. The van der Waals surface area contributed by atoms with Gasteiger partial charge < -0.3 is 19.8 Å². The molecular weight excluding hydrogens is 542 g/mol. The van der Waals surface area contributed by atoms with Gasteiger partial charge in [0.05, 0.1) is 11.9 Å². The number of aromatic carboxylic acids is 1. The van der Waals surface area contributed by atoms with Gasteiger partial charge in [-0.15, -0.1) is 5.10 Å². The molecule has 43 heavy (non-hydrogen) atoms. The first-order chi connectivity index (χ1) is 20.8. The first-order valence-corrected chi connectivity index (χ1v) is 15.2. The van der Waals surface area contributed by atoms with E-state index in [2.05, 4.69) is 61.3 Å². The Kier molecular flexibility index (Phi) is 5.80. The van der Waals surface area contributed by atoms with Crippen LogP contribution in [0.5, 0.6) is 0 Å². The van der Waals surface area contributed by atoms with Gasteiger partial charge >= 0.3 is 5.97 Å². The summed E-state index contributed by atoms with van der Waals surface area (Å²) in [4.78, 5) is 40.5. The Morgan fingerprint density at radius 1 is 0.907 bits per heavy atom. The Morgan fingerprint density at radius 2 is 1.72 bits per heavy atom. The summed E-state index contributed by atoms with van der Waals surface area (Å²) in [5.41, 5.74) is 4.70. The fourth-order valence-electron chi connectivity index (χ4n) is 8.00. The van der Waals surface area contributed by atoms with Crippen molar-refractivity contribution >= 4 is 29.0 Å². The van der Waals surface area contributed by atoms with E-state index in [1.54, 1.807) is 10.6 Å².